The van der Waals surface area contributed by atoms with Gasteiger partial charge in [0.2, 0.25) is 16.8 Å². The minimum absolute atomic E-state index is 0.000925. The lowest BCUT2D eigenvalue weighted by atomic mass is 10.1. The average molecular weight is 505 g/mol. The summed E-state index contributed by atoms with van der Waals surface area (Å²) in [6.45, 7) is -0.276. The second-order valence-electron chi connectivity index (χ2n) is 7.74. The number of rotatable bonds is 6. The van der Waals surface area contributed by atoms with Crippen LogP contribution in [0.3, 0.4) is 0 Å². The third-order valence-electron chi connectivity index (χ3n) is 5.56. The summed E-state index contributed by atoms with van der Waals surface area (Å²) in [5, 5.41) is 2.62. The molecule has 2 aromatic carbocycles. The van der Waals surface area contributed by atoms with Crippen LogP contribution in [0.5, 0.6) is 11.5 Å². The van der Waals surface area contributed by atoms with Gasteiger partial charge in [-0.1, -0.05) is 6.07 Å². The first-order chi connectivity index (χ1) is 16.4. The summed E-state index contributed by atoms with van der Waals surface area (Å²) in [6, 6.07) is 8.59. The molecule has 2 aliphatic rings. The highest BCUT2D eigenvalue weighted by Crippen LogP contribution is 2.34. The van der Waals surface area contributed by atoms with Crippen molar-refractivity contribution in [2.75, 3.05) is 25.3 Å². The van der Waals surface area contributed by atoms with E-state index in [1.165, 1.54) is 6.07 Å². The predicted molar refractivity (Wildman–Crippen MR) is 121 cm³/mol. The molecule has 0 aliphatic carbocycles. The lowest BCUT2D eigenvalue weighted by Gasteiger charge is -2.32. The van der Waals surface area contributed by atoms with Gasteiger partial charge in [0, 0.05) is 18.3 Å². The molecule has 0 radical (unpaired) electrons. The molecular formula is C21H20N4O7S2. The molecule has 1 unspecified atom stereocenters. The Labute approximate surface area is 199 Å². The molecule has 1 saturated heterocycles. The molecule has 0 saturated carbocycles. The summed E-state index contributed by atoms with van der Waals surface area (Å²) in [5.74, 6) is -0.251. The first-order valence-corrected chi connectivity index (χ1v) is 12.7. The van der Waals surface area contributed by atoms with Gasteiger partial charge in [0.1, 0.15) is 22.0 Å². The number of nitrogens with zero attached hydrogens (tertiary/aromatic N) is 3. The summed E-state index contributed by atoms with van der Waals surface area (Å²) in [7, 11) is -4.04. The maximum Gasteiger partial charge on any atom is 0.324 e. The van der Waals surface area contributed by atoms with Crippen molar-refractivity contribution in [1.29, 1.82) is 0 Å². The summed E-state index contributed by atoms with van der Waals surface area (Å²) in [6.07, 6.45) is 1.57. The fourth-order valence-corrected chi connectivity index (χ4v) is 6.35. The Hall–Kier alpha value is -3.29. The van der Waals surface area contributed by atoms with Gasteiger partial charge in [0.25, 0.3) is 5.91 Å². The third-order valence-corrected chi connectivity index (χ3v) is 8.05. The van der Waals surface area contributed by atoms with Gasteiger partial charge in [-0.05, 0) is 43.5 Å². The molecule has 1 amide bonds. The maximum absolute atomic E-state index is 13.4. The quantitative estimate of drug-likeness (QED) is 0.501. The number of ether oxygens (including phenoxy) is 3. The van der Waals surface area contributed by atoms with Crippen molar-refractivity contribution in [3.8, 4) is 11.5 Å². The topological polar surface area (TPSA) is 137 Å². The van der Waals surface area contributed by atoms with E-state index < -0.39 is 34.5 Å². The van der Waals surface area contributed by atoms with Crippen molar-refractivity contribution in [2.45, 2.75) is 30.2 Å². The van der Waals surface area contributed by atoms with E-state index in [9.17, 15) is 18.0 Å². The van der Waals surface area contributed by atoms with Crippen LogP contribution in [0.4, 0.5) is 5.69 Å². The van der Waals surface area contributed by atoms with Crippen molar-refractivity contribution in [1.82, 2.24) is 13.1 Å². The van der Waals surface area contributed by atoms with Crippen molar-refractivity contribution in [2.24, 2.45) is 0 Å². The Bertz CT molecular complexity index is 1360. The molecule has 3 heterocycles. The normalized spacial score (nSPS) is 18.1. The van der Waals surface area contributed by atoms with Gasteiger partial charge in [0.15, 0.2) is 18.1 Å². The Balaban J connectivity index is 1.27. The number of anilines is 1. The fraction of sp³-hybridized carbons (Fsp3) is 0.333. The standard InChI is InChI=1S/C21H20N4O7S2/c26-19(22-13-7-8-16-17(10-13)32-12-31-16)11-30-21(27)15-5-1-2-9-25(15)34(28,29)18-6-3-4-14-20(18)24-33-23-14/h3-4,6-8,10,15H,1-2,5,9,11-12H2,(H,22,26). The van der Waals surface area contributed by atoms with Crippen molar-refractivity contribution in [3.05, 3.63) is 36.4 Å². The number of carbonyl (C=O) groups is 2. The zero-order valence-electron chi connectivity index (χ0n) is 17.8. The Morgan fingerprint density at radius 1 is 1.15 bits per heavy atom. The van der Waals surface area contributed by atoms with Gasteiger partial charge in [-0.3, -0.25) is 9.59 Å². The largest absolute Gasteiger partial charge is 0.454 e. The summed E-state index contributed by atoms with van der Waals surface area (Å²) >= 11 is 0.921. The lowest BCUT2D eigenvalue weighted by Crippen LogP contribution is -2.48. The van der Waals surface area contributed by atoms with Crippen LogP contribution in [-0.2, 0) is 24.3 Å². The summed E-state index contributed by atoms with van der Waals surface area (Å²) < 4.78 is 51.9. The molecule has 1 fully saturated rings. The molecule has 0 bridgehead atoms. The summed E-state index contributed by atoms with van der Waals surface area (Å²) in [5.41, 5.74) is 1.20. The number of esters is 1. The van der Waals surface area contributed by atoms with Crippen LogP contribution in [0, 0.1) is 0 Å². The van der Waals surface area contributed by atoms with Crippen LogP contribution in [0.1, 0.15) is 19.3 Å². The van der Waals surface area contributed by atoms with Gasteiger partial charge in [-0.25, -0.2) is 8.42 Å². The van der Waals surface area contributed by atoms with Gasteiger partial charge in [-0.15, -0.1) is 0 Å². The molecule has 0 spiro atoms. The van der Waals surface area contributed by atoms with E-state index in [2.05, 4.69) is 14.1 Å². The van der Waals surface area contributed by atoms with E-state index in [1.807, 2.05) is 0 Å². The average Bonchev–Trinajstić information content (AvgIpc) is 3.51. The first-order valence-electron chi connectivity index (χ1n) is 10.5. The number of nitrogens with one attached hydrogen (secondary N) is 1. The Morgan fingerprint density at radius 2 is 2.00 bits per heavy atom. The number of piperidine rings is 1. The number of hydrogen-bond acceptors (Lipinski definition) is 10. The molecule has 178 valence electrons. The Kier molecular flexibility index (Phi) is 6.06. The first kappa shape index (κ1) is 22.5. The number of sulfonamides is 1. The van der Waals surface area contributed by atoms with E-state index in [0.29, 0.717) is 42.0 Å². The van der Waals surface area contributed by atoms with E-state index in [-0.39, 0.29) is 23.7 Å². The minimum atomic E-state index is -4.04. The van der Waals surface area contributed by atoms with Crippen LogP contribution < -0.4 is 14.8 Å². The van der Waals surface area contributed by atoms with Crippen LogP contribution in [0.25, 0.3) is 11.0 Å². The second-order valence-corrected chi connectivity index (χ2v) is 10.1. The van der Waals surface area contributed by atoms with Crippen molar-refractivity contribution in [3.63, 3.8) is 0 Å². The molecule has 34 heavy (non-hydrogen) atoms. The number of hydrogen-bond donors (Lipinski definition) is 1. The molecule has 3 aromatic rings. The molecular weight excluding hydrogens is 484 g/mol. The number of benzene rings is 2. The highest BCUT2D eigenvalue weighted by molar-refractivity contribution is 7.89. The van der Waals surface area contributed by atoms with Crippen molar-refractivity contribution >= 4 is 50.3 Å². The highest BCUT2D eigenvalue weighted by Gasteiger charge is 2.39. The molecule has 1 N–H and O–H groups in total. The number of fused-ring (bicyclic) bond motifs is 2. The lowest BCUT2D eigenvalue weighted by molar-refractivity contribution is -0.152. The van der Waals surface area contributed by atoms with Gasteiger partial charge in [-0.2, -0.15) is 13.1 Å². The monoisotopic (exact) mass is 504 g/mol. The SMILES string of the molecule is O=C(COC(=O)C1CCCCN1S(=O)(=O)c1cccc2nsnc12)Nc1ccc2c(c1)OCO2. The molecule has 5 rings (SSSR count). The number of carbonyl (C=O) groups excluding carboxylic acids is 2. The maximum atomic E-state index is 13.4. The van der Waals surface area contributed by atoms with Crippen LogP contribution in [0.2, 0.25) is 0 Å². The van der Waals surface area contributed by atoms with Gasteiger partial charge in [0.05, 0.1) is 11.7 Å². The van der Waals surface area contributed by atoms with E-state index >= 15 is 0 Å². The fourth-order valence-electron chi connectivity index (χ4n) is 3.95. The Morgan fingerprint density at radius 3 is 2.88 bits per heavy atom. The second kappa shape index (κ2) is 9.16. The summed E-state index contributed by atoms with van der Waals surface area (Å²) in [4.78, 5) is 25.1. The van der Waals surface area contributed by atoms with Crippen LogP contribution >= 0.6 is 11.7 Å². The molecule has 1 aromatic heterocycles. The molecule has 13 heteroatoms. The highest BCUT2D eigenvalue weighted by atomic mass is 32.2. The molecule has 2 aliphatic heterocycles. The molecule has 11 nitrogen and oxygen atoms in total. The van der Waals surface area contributed by atoms with E-state index in [1.54, 1.807) is 30.3 Å². The zero-order chi connectivity index (χ0) is 23.7. The van der Waals surface area contributed by atoms with Gasteiger partial charge < -0.3 is 19.5 Å². The van der Waals surface area contributed by atoms with Crippen LogP contribution in [0.15, 0.2) is 41.3 Å². The van der Waals surface area contributed by atoms with E-state index in [0.717, 1.165) is 16.0 Å². The van der Waals surface area contributed by atoms with Crippen molar-refractivity contribution < 1.29 is 32.2 Å². The third kappa shape index (κ3) is 4.29. The van der Waals surface area contributed by atoms with Crippen LogP contribution in [-0.4, -0.2) is 59.3 Å². The van der Waals surface area contributed by atoms with Gasteiger partial charge >= 0.3 is 5.97 Å². The number of amides is 1. The zero-order valence-corrected chi connectivity index (χ0v) is 19.4. The molecule has 1 atom stereocenters. The van der Waals surface area contributed by atoms with E-state index in [4.69, 9.17) is 14.2 Å². The predicted octanol–water partition coefficient (Wildman–Crippen LogP) is 2.15. The minimum Gasteiger partial charge on any atom is -0.454 e. The number of aromatic nitrogens is 2. The smallest absolute Gasteiger partial charge is 0.324 e.